The molecule has 3 heteroatoms. The number of allylic oxidation sites excluding steroid dienone is 1. The van der Waals surface area contributed by atoms with Crippen LogP contribution in [0, 0.1) is 0 Å². The molecule has 31 heavy (non-hydrogen) atoms. The van der Waals surface area contributed by atoms with E-state index in [9.17, 15) is 0 Å². The predicted molar refractivity (Wildman–Crippen MR) is 144 cm³/mol. The maximum absolute atomic E-state index is 3.74. The lowest BCUT2D eigenvalue weighted by molar-refractivity contribution is 0.959. The molecule has 0 N–H and O–H groups in total. The molecular weight excluding hydrogens is 480 g/mol. The fourth-order valence-electron chi connectivity index (χ4n) is 4.63. The van der Waals surface area contributed by atoms with Gasteiger partial charge in [0.2, 0.25) is 0 Å². The SMILES string of the molecule is BrC1(c2cccs2)CC=CS1.c1cc2cccc3c4cccc5cccc(c(c1)c23)c54. The zero-order valence-electron chi connectivity index (χ0n) is 16.7. The molecule has 0 nitrogen and oxygen atoms in total. The molecule has 1 aliphatic heterocycles. The molecule has 1 unspecified atom stereocenters. The van der Waals surface area contributed by atoms with E-state index >= 15 is 0 Å². The van der Waals surface area contributed by atoms with Crippen LogP contribution in [-0.4, -0.2) is 0 Å². The smallest absolute Gasteiger partial charge is 0.112 e. The molecule has 1 aliphatic rings. The molecule has 0 saturated carbocycles. The molecule has 1 aromatic heterocycles. The van der Waals surface area contributed by atoms with Gasteiger partial charge in [-0.25, -0.2) is 0 Å². The molecule has 0 spiro atoms. The van der Waals surface area contributed by atoms with Crippen molar-refractivity contribution in [3.63, 3.8) is 0 Å². The molecule has 7 rings (SSSR count). The number of fused-ring (bicyclic) bond motifs is 2. The molecule has 5 aromatic carbocycles. The van der Waals surface area contributed by atoms with E-state index in [4.69, 9.17) is 0 Å². The van der Waals surface area contributed by atoms with Gasteiger partial charge in [0.25, 0.3) is 0 Å². The lowest BCUT2D eigenvalue weighted by atomic mass is 9.90. The van der Waals surface area contributed by atoms with Crippen LogP contribution >= 0.6 is 39.0 Å². The lowest BCUT2D eigenvalue weighted by Crippen LogP contribution is -2.05. The molecular formula is C28H19BrS2. The zero-order chi connectivity index (χ0) is 20.8. The van der Waals surface area contributed by atoms with Crippen molar-refractivity contribution in [1.82, 2.24) is 0 Å². The minimum absolute atomic E-state index is 0.154. The summed E-state index contributed by atoms with van der Waals surface area (Å²) in [6.07, 6.45) is 3.30. The number of thioether (sulfide) groups is 1. The molecule has 150 valence electrons. The first-order chi connectivity index (χ1) is 15.2. The van der Waals surface area contributed by atoms with E-state index in [2.05, 4.69) is 118 Å². The average molecular weight is 499 g/mol. The Labute approximate surface area is 198 Å². The van der Waals surface area contributed by atoms with Gasteiger partial charge in [-0.2, -0.15) is 0 Å². The van der Waals surface area contributed by atoms with Crippen LogP contribution in [0.5, 0.6) is 0 Å². The van der Waals surface area contributed by atoms with Crippen LogP contribution in [0.1, 0.15) is 11.3 Å². The van der Waals surface area contributed by atoms with Crippen molar-refractivity contribution in [2.45, 2.75) is 10.1 Å². The maximum atomic E-state index is 3.74. The van der Waals surface area contributed by atoms with Crippen LogP contribution in [0.25, 0.3) is 43.1 Å². The standard InChI is InChI=1S/C20H12.C8H7BrS2/c1-5-13-6-2-11-17-18-12-4-8-14-7-3-10-16(20(14)18)15(9-1)19(13)17;9-8(4-2-6-11-8)7-3-1-5-10-7/h1-12H;1-3,5-6H,4H2. The number of hydrogen-bond donors (Lipinski definition) is 0. The molecule has 2 heterocycles. The van der Waals surface area contributed by atoms with Gasteiger partial charge < -0.3 is 0 Å². The number of thiophene rings is 1. The quantitative estimate of drug-likeness (QED) is 0.123. The molecule has 0 bridgehead atoms. The van der Waals surface area contributed by atoms with Crippen molar-refractivity contribution < 1.29 is 0 Å². The maximum Gasteiger partial charge on any atom is 0.112 e. The Morgan fingerprint density at radius 2 is 1.16 bits per heavy atom. The molecule has 0 aliphatic carbocycles. The Hall–Kier alpha value is -2.33. The number of alkyl halides is 1. The van der Waals surface area contributed by atoms with Gasteiger partial charge in [0.15, 0.2) is 0 Å². The minimum atomic E-state index is 0.154. The number of rotatable bonds is 1. The third-order valence-electron chi connectivity index (χ3n) is 6.01. The van der Waals surface area contributed by atoms with Crippen molar-refractivity contribution in [3.05, 3.63) is 107 Å². The number of halogens is 1. The second-order valence-electron chi connectivity index (χ2n) is 7.82. The Kier molecular flexibility index (Phi) is 4.79. The fraction of sp³-hybridized carbons (Fsp3) is 0.0714. The van der Waals surface area contributed by atoms with E-state index in [0.29, 0.717) is 0 Å². The first-order valence-electron chi connectivity index (χ1n) is 10.3. The first kappa shape index (κ1) is 19.4. The van der Waals surface area contributed by atoms with Crippen LogP contribution < -0.4 is 0 Å². The normalized spacial score (nSPS) is 18.2. The highest BCUT2D eigenvalue weighted by Crippen LogP contribution is 2.51. The summed E-state index contributed by atoms with van der Waals surface area (Å²) in [5.41, 5.74) is 0. The van der Waals surface area contributed by atoms with E-state index in [1.807, 2.05) is 23.1 Å². The van der Waals surface area contributed by atoms with Crippen molar-refractivity contribution >= 4 is 82.1 Å². The largest absolute Gasteiger partial charge is 0.147 e. The van der Waals surface area contributed by atoms with Crippen LogP contribution in [0.15, 0.2) is 102 Å². The fourth-order valence-corrected chi connectivity index (χ4v) is 7.35. The Morgan fingerprint density at radius 1 is 0.645 bits per heavy atom. The van der Waals surface area contributed by atoms with Crippen molar-refractivity contribution in [2.75, 3.05) is 0 Å². The summed E-state index contributed by atoms with van der Waals surface area (Å²) in [7, 11) is 0. The van der Waals surface area contributed by atoms with Gasteiger partial charge in [-0.3, -0.25) is 0 Å². The van der Waals surface area contributed by atoms with E-state index in [1.54, 1.807) is 0 Å². The van der Waals surface area contributed by atoms with Gasteiger partial charge >= 0.3 is 0 Å². The van der Waals surface area contributed by atoms with Gasteiger partial charge in [0.1, 0.15) is 3.66 Å². The van der Waals surface area contributed by atoms with Gasteiger partial charge in [-0.15, -0.1) is 23.1 Å². The monoisotopic (exact) mass is 498 g/mol. The summed E-state index contributed by atoms with van der Waals surface area (Å²) < 4.78 is 0.154. The van der Waals surface area contributed by atoms with E-state index < -0.39 is 0 Å². The van der Waals surface area contributed by atoms with Gasteiger partial charge in [0.05, 0.1) is 0 Å². The highest BCUT2D eigenvalue weighted by Gasteiger charge is 2.31. The van der Waals surface area contributed by atoms with E-state index in [0.717, 1.165) is 6.42 Å². The van der Waals surface area contributed by atoms with Crippen LogP contribution in [0.2, 0.25) is 0 Å². The summed E-state index contributed by atoms with van der Waals surface area (Å²) in [6.45, 7) is 0. The second kappa shape index (κ2) is 7.67. The summed E-state index contributed by atoms with van der Waals surface area (Å²) in [6, 6.07) is 30.7. The highest BCUT2D eigenvalue weighted by molar-refractivity contribution is 9.11. The van der Waals surface area contributed by atoms with Gasteiger partial charge in [-0.1, -0.05) is 101 Å². The third kappa shape index (κ3) is 3.18. The van der Waals surface area contributed by atoms with E-state index in [1.165, 1.54) is 48.0 Å². The predicted octanol–water partition coefficient (Wildman–Crippen LogP) is 9.68. The van der Waals surface area contributed by atoms with Gasteiger partial charge in [-0.05, 0) is 66.4 Å². The minimum Gasteiger partial charge on any atom is -0.147 e. The van der Waals surface area contributed by atoms with Crippen LogP contribution in [-0.2, 0) is 3.66 Å². The zero-order valence-corrected chi connectivity index (χ0v) is 19.9. The lowest BCUT2D eigenvalue weighted by Gasteiger charge is -2.17. The summed E-state index contributed by atoms with van der Waals surface area (Å²) in [4.78, 5) is 1.41. The molecule has 0 fully saturated rings. The van der Waals surface area contributed by atoms with Crippen molar-refractivity contribution in [3.8, 4) is 0 Å². The molecule has 1 atom stereocenters. The summed E-state index contributed by atoms with van der Waals surface area (Å²) >= 11 is 7.40. The summed E-state index contributed by atoms with van der Waals surface area (Å²) in [5.74, 6) is 0. The van der Waals surface area contributed by atoms with Crippen LogP contribution in [0.4, 0.5) is 0 Å². The molecule has 0 saturated heterocycles. The van der Waals surface area contributed by atoms with Crippen molar-refractivity contribution in [2.24, 2.45) is 0 Å². The highest BCUT2D eigenvalue weighted by atomic mass is 79.9. The first-order valence-corrected chi connectivity index (χ1v) is 12.9. The molecule has 0 radical (unpaired) electrons. The Morgan fingerprint density at radius 3 is 1.55 bits per heavy atom. The average Bonchev–Trinajstić information content (AvgIpc) is 3.51. The third-order valence-corrected chi connectivity index (χ3v) is 9.83. The topological polar surface area (TPSA) is 0 Å². The summed E-state index contributed by atoms with van der Waals surface area (Å²) in [5, 5.41) is 15.2. The number of benzene rings is 5. The molecule has 6 aromatic rings. The van der Waals surface area contributed by atoms with Gasteiger partial charge in [0, 0.05) is 4.88 Å². The van der Waals surface area contributed by atoms with E-state index in [-0.39, 0.29) is 3.66 Å². The van der Waals surface area contributed by atoms with Crippen molar-refractivity contribution in [1.29, 1.82) is 0 Å². The van der Waals surface area contributed by atoms with Crippen LogP contribution in [0.3, 0.4) is 0 Å². The second-order valence-corrected chi connectivity index (χ2v) is 11.8. The number of hydrogen-bond acceptors (Lipinski definition) is 2. The molecule has 0 amide bonds. The Bertz CT molecular complexity index is 1370. The Balaban J connectivity index is 0.000000143.